The minimum absolute atomic E-state index is 0.0837. The van der Waals surface area contributed by atoms with Crippen molar-refractivity contribution in [3.05, 3.63) is 65.7 Å². The normalized spacial score (nSPS) is 12.3. The van der Waals surface area contributed by atoms with Crippen LogP contribution in [0, 0.1) is 0 Å². The molecule has 2 aromatic carbocycles. The zero-order valence-electron chi connectivity index (χ0n) is 17.7. The van der Waals surface area contributed by atoms with Gasteiger partial charge >= 0.3 is 5.97 Å². The second kappa shape index (κ2) is 10.8. The number of ether oxygens (including phenoxy) is 1. The third-order valence-corrected chi connectivity index (χ3v) is 6.65. The number of carbonyl (C=O) groups excluding carboxylic acids is 3. The monoisotopic (exact) mass is 446 g/mol. The van der Waals surface area contributed by atoms with E-state index in [0.717, 1.165) is 0 Å². The van der Waals surface area contributed by atoms with Crippen molar-refractivity contribution in [1.29, 1.82) is 0 Å². The zero-order valence-corrected chi connectivity index (χ0v) is 18.5. The number of Topliss-reactive ketones (excluding diaryl/α,β-unsaturated/α-hetero) is 1. The zero-order chi connectivity index (χ0) is 23.0. The van der Waals surface area contributed by atoms with Gasteiger partial charge in [0, 0.05) is 24.2 Å². The molecule has 31 heavy (non-hydrogen) atoms. The molecule has 8 nitrogen and oxygen atoms in total. The van der Waals surface area contributed by atoms with Crippen LogP contribution in [0.5, 0.6) is 0 Å². The van der Waals surface area contributed by atoms with Gasteiger partial charge in [-0.3, -0.25) is 14.4 Å². The fraction of sp³-hybridized carbons (Fsp3) is 0.318. The molecule has 0 aliphatic rings. The first-order valence-corrected chi connectivity index (χ1v) is 11.3. The molecule has 0 fully saturated rings. The van der Waals surface area contributed by atoms with Gasteiger partial charge in [-0.25, -0.2) is 8.42 Å². The van der Waals surface area contributed by atoms with Gasteiger partial charge in [0.15, 0.2) is 6.10 Å². The Morgan fingerprint density at radius 1 is 0.935 bits per heavy atom. The number of nitrogens with zero attached hydrogens (tertiary/aromatic N) is 1. The molecule has 1 unspecified atom stereocenters. The SMILES string of the molecule is CCN(CC)S(=O)(=O)c1ccc(C(=O)NCC(=O)OC(C)C(=O)c2ccccc2)cc1. The van der Waals surface area contributed by atoms with Crippen molar-refractivity contribution in [3.63, 3.8) is 0 Å². The molecule has 1 amide bonds. The van der Waals surface area contributed by atoms with E-state index >= 15 is 0 Å². The summed E-state index contributed by atoms with van der Waals surface area (Å²) in [4.78, 5) is 36.5. The molecule has 2 aromatic rings. The second-order valence-corrected chi connectivity index (χ2v) is 8.60. The van der Waals surface area contributed by atoms with Crippen molar-refractivity contribution >= 4 is 27.7 Å². The van der Waals surface area contributed by atoms with Crippen molar-refractivity contribution in [2.75, 3.05) is 19.6 Å². The van der Waals surface area contributed by atoms with E-state index < -0.39 is 34.5 Å². The Morgan fingerprint density at radius 2 is 1.52 bits per heavy atom. The van der Waals surface area contributed by atoms with Crippen molar-refractivity contribution in [2.45, 2.75) is 31.8 Å². The number of hydrogen-bond donors (Lipinski definition) is 1. The molecule has 0 aromatic heterocycles. The highest BCUT2D eigenvalue weighted by Gasteiger charge is 2.22. The minimum Gasteiger partial charge on any atom is -0.453 e. The summed E-state index contributed by atoms with van der Waals surface area (Å²) in [5.41, 5.74) is 0.617. The first kappa shape index (κ1) is 24.2. The molecule has 9 heteroatoms. The Labute approximate surface area is 182 Å². The van der Waals surface area contributed by atoms with Gasteiger partial charge in [0.25, 0.3) is 5.91 Å². The summed E-state index contributed by atoms with van der Waals surface area (Å²) >= 11 is 0. The average Bonchev–Trinajstić information content (AvgIpc) is 2.78. The maximum absolute atomic E-state index is 12.5. The van der Waals surface area contributed by atoms with Crippen molar-refractivity contribution in [1.82, 2.24) is 9.62 Å². The van der Waals surface area contributed by atoms with Gasteiger partial charge < -0.3 is 10.1 Å². The molecular formula is C22H26N2O6S. The van der Waals surface area contributed by atoms with Gasteiger partial charge in [0.2, 0.25) is 15.8 Å². The first-order chi connectivity index (χ1) is 14.7. The van der Waals surface area contributed by atoms with E-state index in [1.165, 1.54) is 35.5 Å². The van der Waals surface area contributed by atoms with Gasteiger partial charge in [0.1, 0.15) is 6.54 Å². The van der Waals surface area contributed by atoms with Crippen LogP contribution in [0.15, 0.2) is 59.5 Å². The molecule has 0 bridgehead atoms. The third kappa shape index (κ3) is 6.22. The predicted molar refractivity (Wildman–Crippen MR) is 115 cm³/mol. The number of nitrogens with one attached hydrogen (secondary N) is 1. The summed E-state index contributed by atoms with van der Waals surface area (Å²) in [6, 6.07) is 13.9. The lowest BCUT2D eigenvalue weighted by atomic mass is 10.1. The molecule has 0 saturated carbocycles. The number of hydrogen-bond acceptors (Lipinski definition) is 6. The lowest BCUT2D eigenvalue weighted by Crippen LogP contribution is -2.34. The van der Waals surface area contributed by atoms with Crippen LogP contribution in [0.25, 0.3) is 0 Å². The Morgan fingerprint density at radius 3 is 2.06 bits per heavy atom. The summed E-state index contributed by atoms with van der Waals surface area (Å²) in [5, 5.41) is 2.40. The number of rotatable bonds is 10. The van der Waals surface area contributed by atoms with Gasteiger partial charge in [-0.2, -0.15) is 4.31 Å². The van der Waals surface area contributed by atoms with E-state index in [4.69, 9.17) is 4.74 Å². The third-order valence-electron chi connectivity index (χ3n) is 4.59. The van der Waals surface area contributed by atoms with Gasteiger partial charge in [-0.15, -0.1) is 0 Å². The maximum Gasteiger partial charge on any atom is 0.326 e. The fourth-order valence-electron chi connectivity index (χ4n) is 2.87. The molecule has 1 atom stereocenters. The van der Waals surface area contributed by atoms with Gasteiger partial charge in [0.05, 0.1) is 4.90 Å². The van der Waals surface area contributed by atoms with Crippen molar-refractivity contribution < 1.29 is 27.5 Å². The number of sulfonamides is 1. The van der Waals surface area contributed by atoms with Gasteiger partial charge in [-0.05, 0) is 31.2 Å². The van der Waals surface area contributed by atoms with E-state index in [1.807, 2.05) is 0 Å². The highest BCUT2D eigenvalue weighted by molar-refractivity contribution is 7.89. The molecule has 0 heterocycles. The molecule has 0 radical (unpaired) electrons. The smallest absolute Gasteiger partial charge is 0.326 e. The summed E-state index contributed by atoms with van der Waals surface area (Å²) < 4.78 is 31.4. The fourth-order valence-corrected chi connectivity index (χ4v) is 4.33. The van der Waals surface area contributed by atoms with Crippen LogP contribution < -0.4 is 5.32 Å². The Bertz CT molecular complexity index is 1020. The van der Waals surface area contributed by atoms with Crippen molar-refractivity contribution in [2.24, 2.45) is 0 Å². The van der Waals surface area contributed by atoms with E-state index in [0.29, 0.717) is 18.7 Å². The molecular weight excluding hydrogens is 420 g/mol. The molecule has 0 aliphatic carbocycles. The van der Waals surface area contributed by atoms with Crippen LogP contribution in [0.2, 0.25) is 0 Å². The summed E-state index contributed by atoms with van der Waals surface area (Å²) in [6.07, 6.45) is -0.989. The van der Waals surface area contributed by atoms with E-state index in [9.17, 15) is 22.8 Å². The summed E-state index contributed by atoms with van der Waals surface area (Å²) in [6.45, 7) is 5.21. The number of ketones is 1. The standard InChI is InChI=1S/C22H26N2O6S/c1-4-24(5-2)31(28,29)19-13-11-18(12-14-19)22(27)23-15-20(25)30-16(3)21(26)17-9-7-6-8-10-17/h6-14,16H,4-5,15H2,1-3H3,(H,23,27). The van der Waals surface area contributed by atoms with Crippen LogP contribution in [-0.4, -0.2) is 56.1 Å². The first-order valence-electron chi connectivity index (χ1n) is 9.87. The second-order valence-electron chi connectivity index (χ2n) is 6.66. The number of benzene rings is 2. The summed E-state index contributed by atoms with van der Waals surface area (Å²) in [5.74, 6) is -1.66. The average molecular weight is 447 g/mol. The Balaban J connectivity index is 1.92. The largest absolute Gasteiger partial charge is 0.453 e. The van der Waals surface area contributed by atoms with Crippen LogP contribution in [0.1, 0.15) is 41.5 Å². The lowest BCUT2D eigenvalue weighted by molar-refractivity contribution is -0.145. The van der Waals surface area contributed by atoms with Crippen LogP contribution in [-0.2, 0) is 19.6 Å². The predicted octanol–water partition coefficient (Wildman–Crippen LogP) is 2.26. The quantitative estimate of drug-likeness (QED) is 0.443. The van der Waals surface area contributed by atoms with Crippen LogP contribution >= 0.6 is 0 Å². The molecule has 2 rings (SSSR count). The molecule has 0 spiro atoms. The topological polar surface area (TPSA) is 110 Å². The molecule has 1 N–H and O–H groups in total. The Kier molecular flexibility index (Phi) is 8.47. The number of esters is 1. The highest BCUT2D eigenvalue weighted by Crippen LogP contribution is 2.16. The van der Waals surface area contributed by atoms with Crippen LogP contribution in [0.4, 0.5) is 0 Å². The summed E-state index contributed by atoms with van der Waals surface area (Å²) in [7, 11) is -3.62. The van der Waals surface area contributed by atoms with E-state index in [-0.39, 0.29) is 16.2 Å². The van der Waals surface area contributed by atoms with Gasteiger partial charge in [-0.1, -0.05) is 44.2 Å². The highest BCUT2D eigenvalue weighted by atomic mass is 32.2. The minimum atomic E-state index is -3.62. The van der Waals surface area contributed by atoms with Crippen LogP contribution in [0.3, 0.4) is 0 Å². The molecule has 0 saturated heterocycles. The van der Waals surface area contributed by atoms with E-state index in [2.05, 4.69) is 5.32 Å². The van der Waals surface area contributed by atoms with Crippen molar-refractivity contribution in [3.8, 4) is 0 Å². The van der Waals surface area contributed by atoms with E-state index in [1.54, 1.807) is 44.2 Å². The Hall–Kier alpha value is -3.04. The number of carbonyl (C=O) groups is 3. The molecule has 0 aliphatic heterocycles. The lowest BCUT2D eigenvalue weighted by Gasteiger charge is -2.18. The molecule has 166 valence electrons. The number of amides is 1. The maximum atomic E-state index is 12.5.